The van der Waals surface area contributed by atoms with E-state index in [1.807, 2.05) is 0 Å². The molecule has 6 heteroatoms. The van der Waals surface area contributed by atoms with Crippen LogP contribution in [0, 0.1) is 22.9 Å². The summed E-state index contributed by atoms with van der Waals surface area (Å²) in [6.45, 7) is 3.43. The van der Waals surface area contributed by atoms with E-state index in [2.05, 4.69) is 0 Å². The molecule has 0 aromatic heterocycles. The van der Waals surface area contributed by atoms with Gasteiger partial charge in [0.2, 0.25) is 0 Å². The highest BCUT2D eigenvalue weighted by molar-refractivity contribution is 5.46. The quantitative estimate of drug-likeness (QED) is 0.685. The van der Waals surface area contributed by atoms with Crippen LogP contribution in [0.15, 0.2) is 36.4 Å². The molecule has 110 valence electrons. The van der Waals surface area contributed by atoms with Crippen LogP contribution < -0.4 is 10.5 Å². The average molecular weight is 290 g/mol. The zero-order valence-electron chi connectivity index (χ0n) is 11.7. The average Bonchev–Trinajstić information content (AvgIpc) is 2.42. The third kappa shape index (κ3) is 3.35. The summed E-state index contributed by atoms with van der Waals surface area (Å²) in [7, 11) is 0. The molecule has 0 saturated heterocycles. The molecule has 5 nitrogen and oxygen atoms in total. The SMILES string of the molecule is Cc1cc([N+](=O)[O-])ccc1Oc1ccc(F)cc1[C@@H](C)N. The van der Waals surface area contributed by atoms with Crippen molar-refractivity contribution in [2.24, 2.45) is 5.73 Å². The minimum absolute atomic E-state index is 0.00799. The van der Waals surface area contributed by atoms with Crippen LogP contribution in [0.25, 0.3) is 0 Å². The molecular weight excluding hydrogens is 275 g/mol. The van der Waals surface area contributed by atoms with Crippen molar-refractivity contribution in [3.63, 3.8) is 0 Å². The van der Waals surface area contributed by atoms with Gasteiger partial charge in [0.05, 0.1) is 4.92 Å². The van der Waals surface area contributed by atoms with Crippen LogP contribution in [-0.2, 0) is 0 Å². The van der Waals surface area contributed by atoms with Crippen molar-refractivity contribution in [2.45, 2.75) is 19.9 Å². The molecule has 2 aromatic rings. The number of benzene rings is 2. The first-order chi connectivity index (χ1) is 9.88. The fraction of sp³-hybridized carbons (Fsp3) is 0.200. The molecule has 0 spiro atoms. The zero-order valence-corrected chi connectivity index (χ0v) is 11.7. The maximum absolute atomic E-state index is 13.3. The van der Waals surface area contributed by atoms with Crippen LogP contribution in [-0.4, -0.2) is 4.92 Å². The van der Waals surface area contributed by atoms with Gasteiger partial charge in [0.25, 0.3) is 5.69 Å². The van der Waals surface area contributed by atoms with Crippen molar-refractivity contribution >= 4 is 5.69 Å². The van der Waals surface area contributed by atoms with Gasteiger partial charge in [-0.15, -0.1) is 0 Å². The maximum Gasteiger partial charge on any atom is 0.269 e. The number of nitrogens with zero attached hydrogens (tertiary/aromatic N) is 1. The third-order valence-electron chi connectivity index (χ3n) is 3.05. The molecule has 0 unspecified atom stereocenters. The van der Waals surface area contributed by atoms with E-state index in [0.717, 1.165) is 0 Å². The summed E-state index contributed by atoms with van der Waals surface area (Å²) in [5, 5.41) is 10.7. The second kappa shape index (κ2) is 5.88. The Labute approximate surface area is 121 Å². The van der Waals surface area contributed by atoms with E-state index in [1.54, 1.807) is 13.8 Å². The van der Waals surface area contributed by atoms with E-state index in [9.17, 15) is 14.5 Å². The van der Waals surface area contributed by atoms with Crippen molar-refractivity contribution in [3.05, 3.63) is 63.5 Å². The number of rotatable bonds is 4. The molecule has 2 rings (SSSR count). The summed E-state index contributed by atoms with van der Waals surface area (Å²) in [5.74, 6) is 0.507. The first kappa shape index (κ1) is 14.9. The Kier molecular flexibility index (Phi) is 4.18. The van der Waals surface area contributed by atoms with E-state index >= 15 is 0 Å². The van der Waals surface area contributed by atoms with Gasteiger partial charge in [-0.25, -0.2) is 4.39 Å². The Morgan fingerprint density at radius 3 is 2.48 bits per heavy atom. The van der Waals surface area contributed by atoms with E-state index in [0.29, 0.717) is 22.6 Å². The van der Waals surface area contributed by atoms with Crippen molar-refractivity contribution in [2.75, 3.05) is 0 Å². The van der Waals surface area contributed by atoms with Crippen molar-refractivity contribution in [1.29, 1.82) is 0 Å². The highest BCUT2D eigenvalue weighted by atomic mass is 19.1. The predicted molar refractivity (Wildman–Crippen MR) is 76.9 cm³/mol. The van der Waals surface area contributed by atoms with E-state index < -0.39 is 16.8 Å². The lowest BCUT2D eigenvalue weighted by molar-refractivity contribution is -0.384. The second-order valence-electron chi connectivity index (χ2n) is 4.78. The minimum Gasteiger partial charge on any atom is -0.457 e. The van der Waals surface area contributed by atoms with Gasteiger partial charge in [0.1, 0.15) is 17.3 Å². The number of ether oxygens (including phenoxy) is 1. The molecule has 0 saturated carbocycles. The lowest BCUT2D eigenvalue weighted by Gasteiger charge is -2.15. The monoisotopic (exact) mass is 290 g/mol. The summed E-state index contributed by atoms with van der Waals surface area (Å²) in [4.78, 5) is 10.2. The number of hydrogen-bond donors (Lipinski definition) is 1. The standard InChI is InChI=1S/C15H15FN2O3/c1-9-7-12(18(19)20)4-6-14(9)21-15-5-3-11(16)8-13(15)10(2)17/h3-8,10H,17H2,1-2H3/t10-/m1/s1. The van der Waals surface area contributed by atoms with Gasteiger partial charge < -0.3 is 10.5 Å². The number of aryl methyl sites for hydroxylation is 1. The van der Waals surface area contributed by atoms with Crippen molar-refractivity contribution < 1.29 is 14.1 Å². The van der Waals surface area contributed by atoms with Gasteiger partial charge in [0, 0.05) is 23.7 Å². The molecule has 21 heavy (non-hydrogen) atoms. The highest BCUT2D eigenvalue weighted by Crippen LogP contribution is 2.32. The normalized spacial score (nSPS) is 12.0. The van der Waals surface area contributed by atoms with Crippen LogP contribution in [0.5, 0.6) is 11.5 Å². The Hall–Kier alpha value is -2.47. The summed E-state index contributed by atoms with van der Waals surface area (Å²) < 4.78 is 19.0. The zero-order chi connectivity index (χ0) is 15.6. The van der Waals surface area contributed by atoms with Crippen LogP contribution in [0.4, 0.5) is 10.1 Å². The number of nitro groups is 1. The fourth-order valence-electron chi connectivity index (χ4n) is 1.95. The lowest BCUT2D eigenvalue weighted by atomic mass is 10.1. The minimum atomic E-state index is -0.470. The van der Waals surface area contributed by atoms with E-state index in [-0.39, 0.29) is 5.69 Å². The van der Waals surface area contributed by atoms with Gasteiger partial charge in [0.15, 0.2) is 0 Å². The molecule has 0 aliphatic heterocycles. The lowest BCUT2D eigenvalue weighted by Crippen LogP contribution is -2.07. The van der Waals surface area contributed by atoms with Crippen LogP contribution in [0.1, 0.15) is 24.1 Å². The smallest absolute Gasteiger partial charge is 0.269 e. The maximum atomic E-state index is 13.3. The number of halogens is 1. The highest BCUT2D eigenvalue weighted by Gasteiger charge is 2.13. The molecule has 2 N–H and O–H groups in total. The van der Waals surface area contributed by atoms with Crippen LogP contribution in [0.3, 0.4) is 0 Å². The van der Waals surface area contributed by atoms with E-state index in [1.165, 1.54) is 36.4 Å². The fourth-order valence-corrected chi connectivity index (χ4v) is 1.95. The topological polar surface area (TPSA) is 78.4 Å². The largest absolute Gasteiger partial charge is 0.457 e. The van der Waals surface area contributed by atoms with Crippen molar-refractivity contribution in [3.8, 4) is 11.5 Å². The summed E-state index contributed by atoms with van der Waals surface area (Å²) >= 11 is 0. The van der Waals surface area contributed by atoms with Gasteiger partial charge in [-0.1, -0.05) is 0 Å². The molecule has 0 bridgehead atoms. The Bertz CT molecular complexity index is 687. The summed E-state index contributed by atoms with van der Waals surface area (Å²) in [5.41, 5.74) is 6.94. The molecule has 0 heterocycles. The Morgan fingerprint density at radius 2 is 1.90 bits per heavy atom. The van der Waals surface area contributed by atoms with Gasteiger partial charge in [-0.2, -0.15) is 0 Å². The number of nitro benzene ring substituents is 1. The third-order valence-corrected chi connectivity index (χ3v) is 3.05. The molecule has 0 fully saturated rings. The van der Waals surface area contributed by atoms with Gasteiger partial charge in [-0.05, 0) is 43.7 Å². The van der Waals surface area contributed by atoms with Crippen LogP contribution >= 0.6 is 0 Å². The second-order valence-corrected chi connectivity index (χ2v) is 4.78. The Balaban J connectivity index is 2.36. The Morgan fingerprint density at radius 1 is 1.24 bits per heavy atom. The van der Waals surface area contributed by atoms with Crippen LogP contribution in [0.2, 0.25) is 0 Å². The van der Waals surface area contributed by atoms with Gasteiger partial charge >= 0.3 is 0 Å². The first-order valence-electron chi connectivity index (χ1n) is 6.36. The molecular formula is C15H15FN2O3. The summed E-state index contributed by atoms with van der Waals surface area (Å²) in [6, 6.07) is 8.00. The molecule has 0 radical (unpaired) electrons. The predicted octanol–water partition coefficient (Wildman–Crippen LogP) is 3.85. The molecule has 1 atom stereocenters. The van der Waals surface area contributed by atoms with E-state index in [4.69, 9.17) is 10.5 Å². The summed E-state index contributed by atoms with van der Waals surface area (Å²) in [6.07, 6.45) is 0. The molecule has 2 aromatic carbocycles. The molecule has 0 amide bonds. The number of hydrogen-bond acceptors (Lipinski definition) is 4. The van der Waals surface area contributed by atoms with Crippen molar-refractivity contribution in [1.82, 2.24) is 0 Å². The molecule has 0 aliphatic rings. The van der Waals surface area contributed by atoms with Gasteiger partial charge in [-0.3, -0.25) is 10.1 Å². The number of non-ortho nitro benzene ring substituents is 1. The first-order valence-corrected chi connectivity index (χ1v) is 6.36. The molecule has 0 aliphatic carbocycles. The number of nitrogens with two attached hydrogens (primary N) is 1.